The number of benzene rings is 2. The molecule has 0 aliphatic rings. The summed E-state index contributed by atoms with van der Waals surface area (Å²) in [5.74, 6) is 0.223. The van der Waals surface area contributed by atoms with E-state index >= 15 is 0 Å². The maximum atomic E-state index is 12.4. The van der Waals surface area contributed by atoms with Gasteiger partial charge in [0.1, 0.15) is 0 Å². The van der Waals surface area contributed by atoms with Crippen LogP contribution in [-0.4, -0.2) is 14.2 Å². The Hall–Kier alpha value is -1.35. The van der Waals surface area contributed by atoms with E-state index in [1.54, 1.807) is 6.07 Å². The molecule has 3 heteroatoms. The lowest BCUT2D eigenvalue weighted by molar-refractivity contribution is 0.590. The highest BCUT2D eigenvalue weighted by atomic mass is 32.2. The molecule has 0 aliphatic heterocycles. The van der Waals surface area contributed by atoms with E-state index < -0.39 is 9.84 Å². The van der Waals surface area contributed by atoms with Crippen LogP contribution in [0.5, 0.6) is 0 Å². The average Bonchev–Trinajstić information content (AvgIpc) is 2.43. The Bertz CT molecular complexity index is 639. The Morgan fingerprint density at radius 3 is 2.42 bits per heavy atom. The second kappa shape index (κ2) is 6.20. The summed E-state index contributed by atoms with van der Waals surface area (Å²) in [7, 11) is -3.19. The number of fused-ring (bicyclic) bond motifs is 1. The van der Waals surface area contributed by atoms with Gasteiger partial charge in [0.15, 0.2) is 9.84 Å². The average molecular weight is 275 g/mol. The van der Waals surface area contributed by atoms with Gasteiger partial charge in [0, 0.05) is 5.39 Å². The second-order valence-corrected chi connectivity index (χ2v) is 6.79. The normalized spacial score (nSPS) is 11.8. The molecule has 1 radical (unpaired) electrons. The SMILES string of the molecule is [CH2]CCCCCS(=O)(=O)c1cccc2ccccc12. The van der Waals surface area contributed by atoms with Crippen LogP contribution in [0.25, 0.3) is 10.8 Å². The maximum Gasteiger partial charge on any atom is 0.178 e. The molecule has 0 bridgehead atoms. The third-order valence-electron chi connectivity index (χ3n) is 3.25. The van der Waals surface area contributed by atoms with Crippen LogP contribution in [0.4, 0.5) is 0 Å². The first kappa shape index (κ1) is 14.1. The minimum absolute atomic E-state index is 0.223. The predicted molar refractivity (Wildman–Crippen MR) is 79.8 cm³/mol. The zero-order valence-electron chi connectivity index (χ0n) is 11.0. The monoisotopic (exact) mass is 275 g/mol. The van der Waals surface area contributed by atoms with E-state index in [1.807, 2.05) is 36.4 Å². The van der Waals surface area contributed by atoms with Crippen LogP contribution in [-0.2, 0) is 9.84 Å². The fourth-order valence-electron chi connectivity index (χ4n) is 2.22. The van der Waals surface area contributed by atoms with Crippen LogP contribution in [0.3, 0.4) is 0 Å². The Balaban J connectivity index is 2.28. The second-order valence-electron chi connectivity index (χ2n) is 4.71. The van der Waals surface area contributed by atoms with Crippen molar-refractivity contribution >= 4 is 20.6 Å². The summed E-state index contributed by atoms with van der Waals surface area (Å²) >= 11 is 0. The van der Waals surface area contributed by atoms with Crippen molar-refractivity contribution in [2.45, 2.75) is 30.6 Å². The largest absolute Gasteiger partial charge is 0.224 e. The third-order valence-corrected chi connectivity index (χ3v) is 5.10. The van der Waals surface area contributed by atoms with E-state index in [1.165, 1.54) is 0 Å². The molecule has 0 atom stereocenters. The summed E-state index contributed by atoms with van der Waals surface area (Å²) < 4.78 is 24.8. The van der Waals surface area contributed by atoms with Gasteiger partial charge in [-0.25, -0.2) is 8.42 Å². The lowest BCUT2D eigenvalue weighted by Crippen LogP contribution is -2.07. The van der Waals surface area contributed by atoms with Crippen molar-refractivity contribution in [1.29, 1.82) is 0 Å². The van der Waals surface area contributed by atoms with Crippen molar-refractivity contribution in [2.75, 3.05) is 5.75 Å². The minimum Gasteiger partial charge on any atom is -0.224 e. The topological polar surface area (TPSA) is 34.1 Å². The maximum absolute atomic E-state index is 12.4. The highest BCUT2D eigenvalue weighted by Crippen LogP contribution is 2.24. The van der Waals surface area contributed by atoms with Crippen molar-refractivity contribution in [2.24, 2.45) is 0 Å². The molecule has 2 aromatic carbocycles. The van der Waals surface area contributed by atoms with Crippen LogP contribution in [0.1, 0.15) is 25.7 Å². The molecule has 0 aliphatic carbocycles. The highest BCUT2D eigenvalue weighted by Gasteiger charge is 2.16. The van der Waals surface area contributed by atoms with Gasteiger partial charge >= 0.3 is 0 Å². The standard InChI is InChI=1S/C16H19O2S/c1-2-3-4-7-13-19(17,18)16-12-8-10-14-9-5-6-11-15(14)16/h5-6,8-12H,1-4,7,13H2. The molecule has 0 unspecified atom stereocenters. The summed E-state index contributed by atoms with van der Waals surface area (Å²) in [6.07, 6.45) is 3.49. The first-order valence-corrected chi connectivity index (χ1v) is 8.30. The number of rotatable bonds is 6. The summed E-state index contributed by atoms with van der Waals surface area (Å²) in [5, 5.41) is 1.79. The summed E-state index contributed by atoms with van der Waals surface area (Å²) in [4.78, 5) is 0.459. The minimum atomic E-state index is -3.19. The molecule has 0 amide bonds. The molecule has 0 aromatic heterocycles. The number of hydrogen-bond acceptors (Lipinski definition) is 2. The van der Waals surface area contributed by atoms with E-state index in [-0.39, 0.29) is 5.75 Å². The molecule has 0 saturated heterocycles. The fraction of sp³-hybridized carbons (Fsp3) is 0.312. The zero-order valence-corrected chi connectivity index (χ0v) is 11.8. The molecule has 2 rings (SSSR count). The van der Waals surface area contributed by atoms with Gasteiger partial charge in [0.2, 0.25) is 0 Å². The molecule has 0 spiro atoms. The van der Waals surface area contributed by atoms with Crippen LogP contribution < -0.4 is 0 Å². The van der Waals surface area contributed by atoms with Gasteiger partial charge in [-0.05, 0) is 17.9 Å². The van der Waals surface area contributed by atoms with Crippen molar-refractivity contribution in [3.8, 4) is 0 Å². The quantitative estimate of drug-likeness (QED) is 0.746. The van der Waals surface area contributed by atoms with Crippen molar-refractivity contribution in [1.82, 2.24) is 0 Å². The van der Waals surface area contributed by atoms with Crippen LogP contribution in [0, 0.1) is 6.92 Å². The number of hydrogen-bond donors (Lipinski definition) is 0. The number of unbranched alkanes of at least 4 members (excludes halogenated alkanes) is 3. The molecule has 0 fully saturated rings. The molecular formula is C16H19O2S. The first-order chi connectivity index (χ1) is 9.15. The first-order valence-electron chi connectivity index (χ1n) is 6.65. The lowest BCUT2D eigenvalue weighted by atomic mass is 10.1. The van der Waals surface area contributed by atoms with Gasteiger partial charge in [-0.15, -0.1) is 0 Å². The lowest BCUT2D eigenvalue weighted by Gasteiger charge is -2.08. The van der Waals surface area contributed by atoms with Gasteiger partial charge in [-0.3, -0.25) is 0 Å². The zero-order chi connectivity index (χ0) is 13.7. The molecule has 0 N–H and O–H groups in total. The molecule has 0 heterocycles. The molecule has 2 aromatic rings. The van der Waals surface area contributed by atoms with E-state index in [4.69, 9.17) is 0 Å². The molecule has 2 nitrogen and oxygen atoms in total. The van der Waals surface area contributed by atoms with Crippen LogP contribution in [0.15, 0.2) is 47.4 Å². The summed E-state index contributed by atoms with van der Waals surface area (Å²) in [5.41, 5.74) is 0. The predicted octanol–water partition coefficient (Wildman–Crippen LogP) is 4.01. The van der Waals surface area contributed by atoms with Gasteiger partial charge in [0.05, 0.1) is 10.6 Å². The fourth-order valence-corrected chi connectivity index (χ4v) is 3.83. The Kier molecular flexibility index (Phi) is 4.59. The van der Waals surface area contributed by atoms with Crippen molar-refractivity contribution in [3.63, 3.8) is 0 Å². The Morgan fingerprint density at radius 2 is 1.63 bits per heavy atom. The van der Waals surface area contributed by atoms with Gasteiger partial charge in [-0.2, -0.15) is 0 Å². The molecular weight excluding hydrogens is 256 g/mol. The van der Waals surface area contributed by atoms with Gasteiger partial charge in [-0.1, -0.05) is 62.6 Å². The van der Waals surface area contributed by atoms with E-state index in [0.29, 0.717) is 11.3 Å². The van der Waals surface area contributed by atoms with Crippen molar-refractivity contribution in [3.05, 3.63) is 49.4 Å². The van der Waals surface area contributed by atoms with Crippen LogP contribution in [0.2, 0.25) is 0 Å². The van der Waals surface area contributed by atoms with E-state index in [0.717, 1.165) is 30.0 Å². The number of sulfone groups is 1. The van der Waals surface area contributed by atoms with E-state index in [9.17, 15) is 8.42 Å². The Morgan fingerprint density at radius 1 is 0.895 bits per heavy atom. The van der Waals surface area contributed by atoms with Gasteiger partial charge < -0.3 is 0 Å². The van der Waals surface area contributed by atoms with Gasteiger partial charge in [0.25, 0.3) is 0 Å². The smallest absolute Gasteiger partial charge is 0.178 e. The third kappa shape index (κ3) is 3.35. The molecule has 0 saturated carbocycles. The van der Waals surface area contributed by atoms with Crippen LogP contribution >= 0.6 is 0 Å². The molecule has 19 heavy (non-hydrogen) atoms. The Labute approximate surface area is 115 Å². The van der Waals surface area contributed by atoms with E-state index in [2.05, 4.69) is 6.92 Å². The molecule has 101 valence electrons. The summed E-state index contributed by atoms with van der Waals surface area (Å²) in [6, 6.07) is 13.1. The van der Waals surface area contributed by atoms with Crippen molar-refractivity contribution < 1.29 is 8.42 Å². The summed E-state index contributed by atoms with van der Waals surface area (Å²) in [6.45, 7) is 3.77. The highest BCUT2D eigenvalue weighted by molar-refractivity contribution is 7.91.